The first-order valence-electron chi connectivity index (χ1n) is 7.19. The third-order valence-corrected chi connectivity index (χ3v) is 5.30. The van der Waals surface area contributed by atoms with Gasteiger partial charge in [-0.1, -0.05) is 72.8 Å². The number of benzene rings is 2. The number of aliphatic carboxylic acids is 1. The Balaban J connectivity index is 2.38. The predicted molar refractivity (Wildman–Crippen MR) is 94.8 cm³/mol. The SMILES string of the molecule is CCC(=O)SC(C)(C(=O)O)c1ccc(-c2ccccc2Cl)cc1. The average Bonchev–Trinajstić information content (AvgIpc) is 2.55. The highest BCUT2D eigenvalue weighted by atomic mass is 35.5. The van der Waals surface area contributed by atoms with Crippen LogP contribution in [0.3, 0.4) is 0 Å². The molecule has 1 N–H and O–H groups in total. The van der Waals surface area contributed by atoms with Crippen LogP contribution < -0.4 is 0 Å². The fourth-order valence-corrected chi connectivity index (χ4v) is 3.37. The van der Waals surface area contributed by atoms with E-state index in [0.29, 0.717) is 17.0 Å². The maximum Gasteiger partial charge on any atom is 0.324 e. The molecule has 0 saturated heterocycles. The molecule has 1 unspecified atom stereocenters. The van der Waals surface area contributed by atoms with Gasteiger partial charge in [0.25, 0.3) is 0 Å². The summed E-state index contributed by atoms with van der Waals surface area (Å²) in [4.78, 5) is 23.4. The number of carboxylic acids is 1. The minimum absolute atomic E-state index is 0.148. The first-order chi connectivity index (χ1) is 10.9. The Morgan fingerprint density at radius 1 is 1.13 bits per heavy atom. The fourth-order valence-electron chi connectivity index (χ4n) is 2.19. The number of carbonyl (C=O) groups excluding carboxylic acids is 1. The van der Waals surface area contributed by atoms with Crippen molar-refractivity contribution in [1.29, 1.82) is 0 Å². The largest absolute Gasteiger partial charge is 0.480 e. The predicted octanol–water partition coefficient (Wildman–Crippen LogP) is 4.98. The summed E-state index contributed by atoms with van der Waals surface area (Å²) >= 11 is 7.03. The number of hydrogen-bond donors (Lipinski definition) is 1. The smallest absolute Gasteiger partial charge is 0.324 e. The van der Waals surface area contributed by atoms with E-state index in [0.717, 1.165) is 22.9 Å². The highest BCUT2D eigenvalue weighted by molar-refractivity contribution is 8.15. The van der Waals surface area contributed by atoms with Crippen LogP contribution in [0.1, 0.15) is 25.8 Å². The van der Waals surface area contributed by atoms with Gasteiger partial charge in [0.1, 0.15) is 4.75 Å². The molecule has 5 heteroatoms. The molecule has 0 aliphatic carbocycles. The number of thioether (sulfide) groups is 1. The number of carboxylic acid groups (broad SMARTS) is 1. The third kappa shape index (κ3) is 3.77. The molecule has 0 saturated carbocycles. The van der Waals surface area contributed by atoms with Crippen LogP contribution in [0.4, 0.5) is 0 Å². The van der Waals surface area contributed by atoms with Crippen molar-refractivity contribution < 1.29 is 14.7 Å². The van der Waals surface area contributed by atoms with Crippen LogP contribution in [0.2, 0.25) is 5.02 Å². The van der Waals surface area contributed by atoms with Crippen LogP contribution in [-0.2, 0) is 14.3 Å². The summed E-state index contributed by atoms with van der Waals surface area (Å²) in [5, 5.41) is 10.1. The molecule has 2 rings (SSSR count). The standard InChI is InChI=1S/C18H17ClO3S/c1-3-16(20)23-18(2,17(21)22)13-10-8-12(9-11-13)14-6-4-5-7-15(14)19/h4-11H,3H2,1-2H3,(H,21,22). The first-order valence-corrected chi connectivity index (χ1v) is 8.38. The van der Waals surface area contributed by atoms with Gasteiger partial charge < -0.3 is 5.11 Å². The van der Waals surface area contributed by atoms with Crippen molar-refractivity contribution in [3.8, 4) is 11.1 Å². The summed E-state index contributed by atoms with van der Waals surface area (Å²) in [6, 6.07) is 14.6. The Labute approximate surface area is 144 Å². The molecule has 0 amide bonds. The number of halogens is 1. The van der Waals surface area contributed by atoms with E-state index in [2.05, 4.69) is 0 Å². The van der Waals surface area contributed by atoms with Crippen LogP contribution >= 0.6 is 23.4 Å². The van der Waals surface area contributed by atoms with Crippen LogP contribution in [0.5, 0.6) is 0 Å². The van der Waals surface area contributed by atoms with Gasteiger partial charge in [0.2, 0.25) is 0 Å². The molecule has 3 nitrogen and oxygen atoms in total. The Bertz CT molecular complexity index is 727. The molecule has 0 heterocycles. The van der Waals surface area contributed by atoms with E-state index in [1.807, 2.05) is 36.4 Å². The minimum Gasteiger partial charge on any atom is -0.480 e. The molecule has 0 bridgehead atoms. The topological polar surface area (TPSA) is 54.4 Å². The van der Waals surface area contributed by atoms with E-state index in [9.17, 15) is 14.7 Å². The molecule has 1 atom stereocenters. The van der Waals surface area contributed by atoms with Crippen molar-refractivity contribution >= 4 is 34.4 Å². The lowest BCUT2D eigenvalue weighted by atomic mass is 9.97. The summed E-state index contributed by atoms with van der Waals surface area (Å²) in [7, 11) is 0. The summed E-state index contributed by atoms with van der Waals surface area (Å²) in [5.74, 6) is -1.03. The van der Waals surface area contributed by atoms with E-state index in [-0.39, 0.29) is 5.12 Å². The van der Waals surface area contributed by atoms with Crippen molar-refractivity contribution in [2.24, 2.45) is 0 Å². The average molecular weight is 349 g/mol. The van der Waals surface area contributed by atoms with Gasteiger partial charge in [-0.25, -0.2) is 0 Å². The lowest BCUT2D eigenvalue weighted by Crippen LogP contribution is -2.30. The van der Waals surface area contributed by atoms with Crippen molar-refractivity contribution in [3.63, 3.8) is 0 Å². The quantitative estimate of drug-likeness (QED) is 0.828. The molecular weight excluding hydrogens is 332 g/mol. The maximum absolute atomic E-state index is 11.7. The Morgan fingerprint density at radius 2 is 1.74 bits per heavy atom. The van der Waals surface area contributed by atoms with Crippen LogP contribution in [-0.4, -0.2) is 16.2 Å². The molecule has 0 aliphatic heterocycles. The zero-order chi connectivity index (χ0) is 17.0. The van der Waals surface area contributed by atoms with Gasteiger partial charge in [0, 0.05) is 17.0 Å². The molecule has 23 heavy (non-hydrogen) atoms. The van der Waals surface area contributed by atoms with Crippen LogP contribution in [0.25, 0.3) is 11.1 Å². The lowest BCUT2D eigenvalue weighted by Gasteiger charge is -2.24. The van der Waals surface area contributed by atoms with Crippen LogP contribution in [0.15, 0.2) is 48.5 Å². The molecule has 0 aliphatic rings. The van der Waals surface area contributed by atoms with Crippen LogP contribution in [0, 0.1) is 0 Å². The normalized spacial score (nSPS) is 13.3. The second-order valence-corrected chi connectivity index (χ2v) is 7.11. The van der Waals surface area contributed by atoms with Crippen molar-refractivity contribution in [3.05, 3.63) is 59.1 Å². The second kappa shape index (κ2) is 7.20. The highest BCUT2D eigenvalue weighted by Crippen LogP contribution is 2.39. The van der Waals surface area contributed by atoms with Crippen molar-refractivity contribution in [1.82, 2.24) is 0 Å². The van der Waals surface area contributed by atoms with Crippen molar-refractivity contribution in [2.45, 2.75) is 25.0 Å². The Morgan fingerprint density at radius 3 is 2.26 bits per heavy atom. The van der Waals surface area contributed by atoms with E-state index in [1.165, 1.54) is 0 Å². The van der Waals surface area contributed by atoms with Gasteiger partial charge in [-0.15, -0.1) is 0 Å². The van der Waals surface area contributed by atoms with E-state index in [1.54, 1.807) is 26.0 Å². The minimum atomic E-state index is -1.30. The van der Waals surface area contributed by atoms with Gasteiger partial charge in [0.05, 0.1) is 0 Å². The molecule has 0 radical (unpaired) electrons. The van der Waals surface area contributed by atoms with Gasteiger partial charge in [0.15, 0.2) is 5.12 Å². The summed E-state index contributed by atoms with van der Waals surface area (Å²) in [6.45, 7) is 3.27. The Hall–Kier alpha value is -1.78. The summed E-state index contributed by atoms with van der Waals surface area (Å²) < 4.78 is -1.30. The summed E-state index contributed by atoms with van der Waals surface area (Å²) in [6.07, 6.45) is 0.297. The molecule has 2 aromatic rings. The van der Waals surface area contributed by atoms with Gasteiger partial charge >= 0.3 is 5.97 Å². The van der Waals surface area contributed by atoms with Crippen molar-refractivity contribution in [2.75, 3.05) is 0 Å². The monoisotopic (exact) mass is 348 g/mol. The summed E-state index contributed by atoms with van der Waals surface area (Å²) in [5.41, 5.74) is 2.36. The zero-order valence-corrected chi connectivity index (χ0v) is 14.4. The maximum atomic E-state index is 11.7. The van der Waals surface area contributed by atoms with Gasteiger partial charge in [-0.2, -0.15) is 0 Å². The molecule has 120 valence electrons. The molecular formula is C18H17ClO3S. The zero-order valence-electron chi connectivity index (χ0n) is 12.9. The second-order valence-electron chi connectivity index (χ2n) is 5.22. The molecule has 0 fully saturated rings. The third-order valence-electron chi connectivity index (χ3n) is 3.64. The van der Waals surface area contributed by atoms with Gasteiger partial charge in [-0.3, -0.25) is 9.59 Å². The van der Waals surface area contributed by atoms with Gasteiger partial charge in [-0.05, 0) is 24.1 Å². The highest BCUT2D eigenvalue weighted by Gasteiger charge is 2.38. The molecule has 2 aromatic carbocycles. The first kappa shape index (κ1) is 17.6. The number of rotatable bonds is 5. The molecule has 0 aromatic heterocycles. The fraction of sp³-hybridized carbons (Fsp3) is 0.222. The van der Waals surface area contributed by atoms with E-state index in [4.69, 9.17) is 11.6 Å². The van der Waals surface area contributed by atoms with E-state index >= 15 is 0 Å². The number of hydrogen-bond acceptors (Lipinski definition) is 3. The Kier molecular flexibility index (Phi) is 5.50. The molecule has 0 spiro atoms. The lowest BCUT2D eigenvalue weighted by molar-refractivity contribution is -0.139. The van der Waals surface area contributed by atoms with E-state index < -0.39 is 10.7 Å². The number of carbonyl (C=O) groups is 2.